The summed E-state index contributed by atoms with van der Waals surface area (Å²) in [4.78, 5) is 3.64. The Morgan fingerprint density at radius 2 is 1.56 bits per heavy atom. The van der Waals surface area contributed by atoms with Crippen LogP contribution in [0, 0.1) is 0 Å². The first kappa shape index (κ1) is 15.9. The molecule has 0 saturated carbocycles. The van der Waals surface area contributed by atoms with Gasteiger partial charge in [0, 0.05) is 11.8 Å². The topological polar surface area (TPSA) is 31.7 Å². The van der Waals surface area contributed by atoms with Crippen LogP contribution in [0.1, 0.15) is 12.5 Å². The maximum absolute atomic E-state index is 3.68. The molecule has 0 saturated heterocycles. The molecule has 0 radical (unpaired) electrons. The summed E-state index contributed by atoms with van der Waals surface area (Å²) >= 11 is 0. The van der Waals surface area contributed by atoms with Crippen LogP contribution in [-0.2, 0) is 13.5 Å². The lowest BCUT2D eigenvalue weighted by Gasteiger charge is -2.11. The maximum atomic E-state index is 3.68. The third-order valence-corrected chi connectivity index (χ3v) is 5.43. The van der Waals surface area contributed by atoms with Crippen molar-refractivity contribution in [1.29, 1.82) is 0 Å². The van der Waals surface area contributed by atoms with Crippen molar-refractivity contribution in [2.45, 2.75) is 13.3 Å². The number of nitrogens with one attached hydrogen (secondary N) is 2. The molecule has 0 aliphatic rings. The Labute approximate surface area is 158 Å². The highest BCUT2D eigenvalue weighted by atomic mass is 15.0. The molecule has 0 aliphatic carbocycles. The summed E-state index contributed by atoms with van der Waals surface area (Å²) in [5.41, 5.74) is 8.30. The second-order valence-corrected chi connectivity index (χ2v) is 7.02. The zero-order valence-corrected chi connectivity index (χ0v) is 15.6. The standard InChI is InChI=1S/C24H21N3/c1-3-16-12-14-17(15-13-16)25-22-19-9-5-7-11-21(19)27(2)24-18-8-4-6-10-20(18)26-23(22)24/h4-15H,3H2,1-2H3,(H,25,26)/p+1. The third kappa shape index (κ3) is 2.47. The Morgan fingerprint density at radius 3 is 2.33 bits per heavy atom. The summed E-state index contributed by atoms with van der Waals surface area (Å²) in [5.74, 6) is 0. The van der Waals surface area contributed by atoms with Gasteiger partial charge < -0.3 is 10.3 Å². The van der Waals surface area contributed by atoms with Gasteiger partial charge in [0.15, 0.2) is 0 Å². The van der Waals surface area contributed by atoms with Crippen LogP contribution in [0.4, 0.5) is 11.4 Å². The van der Waals surface area contributed by atoms with Crippen LogP contribution in [0.25, 0.3) is 32.8 Å². The molecule has 27 heavy (non-hydrogen) atoms. The largest absolute Gasteiger partial charge is 0.353 e. The summed E-state index contributed by atoms with van der Waals surface area (Å²) in [7, 11) is 2.14. The average molecular weight is 352 g/mol. The van der Waals surface area contributed by atoms with E-state index in [1.165, 1.54) is 27.4 Å². The molecule has 0 atom stereocenters. The van der Waals surface area contributed by atoms with E-state index in [1.54, 1.807) is 0 Å². The Kier molecular flexibility index (Phi) is 3.61. The fourth-order valence-corrected chi connectivity index (χ4v) is 3.99. The zero-order valence-electron chi connectivity index (χ0n) is 15.6. The number of para-hydroxylation sites is 2. The fraction of sp³-hybridized carbons (Fsp3) is 0.125. The number of hydrogen-bond acceptors (Lipinski definition) is 1. The van der Waals surface area contributed by atoms with Gasteiger partial charge in [0.25, 0.3) is 0 Å². The van der Waals surface area contributed by atoms with Crippen molar-refractivity contribution >= 4 is 44.2 Å². The number of rotatable bonds is 3. The first-order valence-electron chi connectivity index (χ1n) is 9.43. The number of pyridine rings is 1. The molecule has 0 spiro atoms. The molecular formula is C24H22N3+. The SMILES string of the molecule is CCc1ccc(Nc2c3ccccc3[n+](C)c3c2[nH]c2ccccc23)cc1. The van der Waals surface area contributed by atoms with Crippen LogP contribution >= 0.6 is 0 Å². The second kappa shape index (κ2) is 6.13. The van der Waals surface area contributed by atoms with Crippen molar-refractivity contribution in [3.63, 3.8) is 0 Å². The second-order valence-electron chi connectivity index (χ2n) is 7.02. The number of aryl methyl sites for hydroxylation is 2. The van der Waals surface area contributed by atoms with Crippen molar-refractivity contribution in [2.75, 3.05) is 5.32 Å². The van der Waals surface area contributed by atoms with Crippen LogP contribution < -0.4 is 9.88 Å². The zero-order chi connectivity index (χ0) is 18.4. The number of benzene rings is 3. The van der Waals surface area contributed by atoms with E-state index in [0.29, 0.717) is 0 Å². The van der Waals surface area contributed by atoms with Gasteiger partial charge in [-0.1, -0.05) is 43.3 Å². The lowest BCUT2D eigenvalue weighted by molar-refractivity contribution is -0.616. The molecule has 3 aromatic carbocycles. The van der Waals surface area contributed by atoms with Gasteiger partial charge >= 0.3 is 0 Å². The van der Waals surface area contributed by atoms with E-state index in [9.17, 15) is 0 Å². The van der Waals surface area contributed by atoms with E-state index in [4.69, 9.17) is 0 Å². The molecule has 0 bridgehead atoms. The van der Waals surface area contributed by atoms with Gasteiger partial charge in [0.05, 0.1) is 22.0 Å². The predicted molar refractivity (Wildman–Crippen MR) is 114 cm³/mol. The molecule has 0 fully saturated rings. The van der Waals surface area contributed by atoms with Crippen molar-refractivity contribution in [2.24, 2.45) is 7.05 Å². The van der Waals surface area contributed by atoms with E-state index < -0.39 is 0 Å². The minimum atomic E-state index is 1.05. The lowest BCUT2D eigenvalue weighted by atomic mass is 10.1. The van der Waals surface area contributed by atoms with E-state index in [2.05, 4.69) is 102 Å². The molecule has 132 valence electrons. The normalized spacial score (nSPS) is 11.5. The highest BCUT2D eigenvalue weighted by Crippen LogP contribution is 2.35. The smallest absolute Gasteiger partial charge is 0.240 e. The van der Waals surface area contributed by atoms with Crippen LogP contribution in [0.3, 0.4) is 0 Å². The van der Waals surface area contributed by atoms with Crippen LogP contribution in [0.2, 0.25) is 0 Å². The molecule has 3 heteroatoms. The van der Waals surface area contributed by atoms with Crippen LogP contribution in [0.15, 0.2) is 72.8 Å². The number of aromatic nitrogens is 2. The van der Waals surface area contributed by atoms with Gasteiger partial charge in [-0.2, -0.15) is 4.57 Å². The number of hydrogen-bond donors (Lipinski definition) is 2. The lowest BCUT2D eigenvalue weighted by Crippen LogP contribution is -2.30. The summed E-state index contributed by atoms with van der Waals surface area (Å²) in [6.07, 6.45) is 1.05. The summed E-state index contributed by atoms with van der Waals surface area (Å²) in [6.45, 7) is 2.18. The summed E-state index contributed by atoms with van der Waals surface area (Å²) in [6, 6.07) is 25.8. The molecule has 3 nitrogen and oxygen atoms in total. The van der Waals surface area contributed by atoms with Crippen molar-refractivity contribution in [1.82, 2.24) is 4.98 Å². The van der Waals surface area contributed by atoms with Crippen molar-refractivity contribution < 1.29 is 4.57 Å². The molecule has 0 amide bonds. The number of H-pyrrole nitrogens is 1. The summed E-state index contributed by atoms with van der Waals surface area (Å²) in [5, 5.41) is 6.13. The third-order valence-electron chi connectivity index (χ3n) is 5.43. The highest BCUT2D eigenvalue weighted by Gasteiger charge is 2.22. The average Bonchev–Trinajstić information content (AvgIpc) is 3.11. The number of nitrogens with zero attached hydrogens (tertiary/aromatic N) is 1. The molecule has 2 aromatic heterocycles. The molecule has 2 N–H and O–H groups in total. The van der Waals surface area contributed by atoms with Gasteiger partial charge in [0.1, 0.15) is 12.6 Å². The Bertz CT molecular complexity index is 1280. The van der Waals surface area contributed by atoms with Gasteiger partial charge in [-0.3, -0.25) is 0 Å². The van der Waals surface area contributed by atoms with E-state index in [0.717, 1.165) is 28.8 Å². The molecular weight excluding hydrogens is 330 g/mol. The van der Waals surface area contributed by atoms with Crippen LogP contribution in [-0.4, -0.2) is 4.98 Å². The van der Waals surface area contributed by atoms with Crippen LogP contribution in [0.5, 0.6) is 0 Å². The molecule has 0 aliphatic heterocycles. The summed E-state index contributed by atoms with van der Waals surface area (Å²) < 4.78 is 2.29. The van der Waals surface area contributed by atoms with Crippen molar-refractivity contribution in [3.05, 3.63) is 78.4 Å². The fourth-order valence-electron chi connectivity index (χ4n) is 3.99. The van der Waals surface area contributed by atoms with Gasteiger partial charge in [-0.15, -0.1) is 0 Å². The molecule has 0 unspecified atom stereocenters. The maximum Gasteiger partial charge on any atom is 0.240 e. The predicted octanol–water partition coefficient (Wildman–Crippen LogP) is 5.60. The van der Waals surface area contributed by atoms with Gasteiger partial charge in [0.2, 0.25) is 11.0 Å². The Balaban J connectivity index is 1.83. The quantitative estimate of drug-likeness (QED) is 0.407. The minimum Gasteiger partial charge on any atom is -0.353 e. The van der Waals surface area contributed by atoms with Gasteiger partial charge in [-0.25, -0.2) is 0 Å². The Hall–Kier alpha value is -3.33. The first-order valence-corrected chi connectivity index (χ1v) is 9.43. The number of aromatic amines is 1. The number of fused-ring (bicyclic) bond motifs is 4. The molecule has 2 heterocycles. The molecule has 5 rings (SSSR count). The monoisotopic (exact) mass is 352 g/mol. The Morgan fingerprint density at radius 1 is 0.852 bits per heavy atom. The van der Waals surface area contributed by atoms with Gasteiger partial charge in [-0.05, 0) is 42.3 Å². The minimum absolute atomic E-state index is 1.05. The van der Waals surface area contributed by atoms with E-state index >= 15 is 0 Å². The molecule has 5 aromatic rings. The van der Waals surface area contributed by atoms with E-state index in [1.807, 2.05) is 0 Å². The first-order chi connectivity index (χ1) is 13.3. The van der Waals surface area contributed by atoms with Crippen molar-refractivity contribution in [3.8, 4) is 0 Å². The highest BCUT2D eigenvalue weighted by molar-refractivity contribution is 6.13. The number of anilines is 2. The van der Waals surface area contributed by atoms with E-state index in [-0.39, 0.29) is 0 Å².